The molecule has 2 heterocycles. The van der Waals surface area contributed by atoms with Crippen LogP contribution in [-0.2, 0) is 9.59 Å². The van der Waals surface area contributed by atoms with Gasteiger partial charge in [0.25, 0.3) is 11.8 Å². The number of rotatable bonds is 12. The summed E-state index contributed by atoms with van der Waals surface area (Å²) in [7, 11) is 0. The molecule has 48 heavy (non-hydrogen) atoms. The van der Waals surface area contributed by atoms with Gasteiger partial charge in [-0.05, 0) is 53.8 Å². The molecule has 4 aromatic carbocycles. The number of nitrogens with one attached hydrogen (secondary N) is 4. The lowest BCUT2D eigenvalue weighted by Crippen LogP contribution is -2.30. The number of fused-ring (bicyclic) bond motifs is 1. The van der Waals surface area contributed by atoms with E-state index in [4.69, 9.17) is 0 Å². The van der Waals surface area contributed by atoms with Crippen LogP contribution >= 0.6 is 35.1 Å². The maximum Gasteiger partial charge on any atom is 0.272 e. The molecule has 6 aromatic rings. The zero-order chi connectivity index (χ0) is 33.3. The van der Waals surface area contributed by atoms with Crippen LogP contribution in [0, 0.1) is 0 Å². The molecule has 0 saturated carbocycles. The molecule has 0 bridgehead atoms. The zero-order valence-corrected chi connectivity index (χ0v) is 28.1. The molecule has 0 radical (unpaired) electrons. The first-order chi connectivity index (χ1) is 23.5. The maximum atomic E-state index is 13.8. The second-order valence-electron chi connectivity index (χ2n) is 10.4. The van der Waals surface area contributed by atoms with Crippen LogP contribution in [-0.4, -0.2) is 37.8 Å². The fraction of sp³-hybridized carbons (Fsp3) is 0.0833. The minimum Gasteiger partial charge on any atom is -0.361 e. The summed E-state index contributed by atoms with van der Waals surface area (Å²) in [5, 5.41) is 10.0. The van der Waals surface area contributed by atoms with Gasteiger partial charge < -0.3 is 15.6 Å². The number of carbonyl (C=O) groups excluding carboxylic acids is 3. The van der Waals surface area contributed by atoms with E-state index in [2.05, 4.69) is 30.3 Å². The first kappa shape index (κ1) is 32.8. The quantitative estimate of drug-likeness (QED) is 0.0756. The fourth-order valence-electron chi connectivity index (χ4n) is 4.81. The van der Waals surface area contributed by atoms with Gasteiger partial charge in [0.1, 0.15) is 10.9 Å². The van der Waals surface area contributed by atoms with Crippen LogP contribution in [0.5, 0.6) is 0 Å². The average Bonchev–Trinajstić information content (AvgIpc) is 3.74. The lowest BCUT2D eigenvalue weighted by molar-refractivity contribution is -0.116. The van der Waals surface area contributed by atoms with Gasteiger partial charge in [-0.25, -0.2) is 0 Å². The van der Waals surface area contributed by atoms with Gasteiger partial charge in [0.05, 0.1) is 0 Å². The van der Waals surface area contributed by atoms with E-state index in [0.29, 0.717) is 21.5 Å². The third kappa shape index (κ3) is 8.21. The number of H-pyrrole nitrogens is 1. The highest BCUT2D eigenvalue weighted by atomic mass is 32.2. The Bertz CT molecular complexity index is 2080. The van der Waals surface area contributed by atoms with Crippen molar-refractivity contribution in [2.45, 2.75) is 22.2 Å². The van der Waals surface area contributed by atoms with Crippen molar-refractivity contribution in [3.05, 3.63) is 138 Å². The van der Waals surface area contributed by atoms with Crippen LogP contribution in [0.1, 0.15) is 33.7 Å². The number of thioether (sulfide) groups is 2. The molecule has 240 valence electrons. The van der Waals surface area contributed by atoms with Gasteiger partial charge in [-0.3, -0.25) is 19.7 Å². The van der Waals surface area contributed by atoms with Gasteiger partial charge in [0.2, 0.25) is 16.2 Å². The van der Waals surface area contributed by atoms with Crippen LogP contribution in [0.15, 0.2) is 131 Å². The lowest BCUT2D eigenvalue weighted by atomic mass is 10.1. The predicted molar refractivity (Wildman–Crippen MR) is 195 cm³/mol. The van der Waals surface area contributed by atoms with Crippen LogP contribution in [0.3, 0.4) is 0 Å². The maximum absolute atomic E-state index is 13.8. The van der Waals surface area contributed by atoms with Gasteiger partial charge in [-0.2, -0.15) is 9.36 Å². The Morgan fingerprint density at radius 2 is 1.65 bits per heavy atom. The van der Waals surface area contributed by atoms with Crippen LogP contribution in [0.4, 0.5) is 10.8 Å². The van der Waals surface area contributed by atoms with Crippen molar-refractivity contribution in [3.8, 4) is 0 Å². The molecule has 6 rings (SSSR count). The average molecular weight is 691 g/mol. The van der Waals surface area contributed by atoms with Gasteiger partial charge in [-0.1, -0.05) is 91.5 Å². The molecule has 2 aromatic heterocycles. The summed E-state index contributed by atoms with van der Waals surface area (Å²) in [6, 6.07) is 33.2. The van der Waals surface area contributed by atoms with Crippen molar-refractivity contribution in [1.29, 1.82) is 0 Å². The van der Waals surface area contributed by atoms with E-state index in [1.807, 2.05) is 79.7 Å². The molecule has 0 saturated heterocycles. The normalized spacial score (nSPS) is 12.0. The summed E-state index contributed by atoms with van der Waals surface area (Å²) in [5.41, 5.74) is 3.47. The molecule has 0 spiro atoms. The standard InChI is InChI=1S/C36H30N6O3S3/c1-2-46-36-41-35(48-42-36)40-34(45)31(23-12-5-3-6-13-23)47-27-17-11-16-26(21-27)38-33(44)30(39-32(43)24-14-7-4-8-15-24)20-25-22-37-29-19-10-9-18-28(25)29/h3-22,31,37H,2H2,1H3,(H,38,44)(H,39,43)(H,40,41,42,45)/b30-20-. The topological polar surface area (TPSA) is 129 Å². The Hall–Kier alpha value is -5.17. The zero-order valence-electron chi connectivity index (χ0n) is 25.7. The molecule has 0 aliphatic rings. The van der Waals surface area contributed by atoms with Crippen molar-refractivity contribution < 1.29 is 14.4 Å². The van der Waals surface area contributed by atoms with Crippen molar-refractivity contribution in [2.75, 3.05) is 16.4 Å². The van der Waals surface area contributed by atoms with Crippen LogP contribution in [0.2, 0.25) is 0 Å². The highest BCUT2D eigenvalue weighted by molar-refractivity contribution is 8.00. The molecular formula is C36H30N6O3S3. The molecular weight excluding hydrogens is 661 g/mol. The Morgan fingerprint density at radius 3 is 2.44 bits per heavy atom. The van der Waals surface area contributed by atoms with Gasteiger partial charge in [0, 0.05) is 50.3 Å². The van der Waals surface area contributed by atoms with Crippen molar-refractivity contribution in [3.63, 3.8) is 0 Å². The third-order valence-electron chi connectivity index (χ3n) is 7.05. The van der Waals surface area contributed by atoms with Crippen molar-refractivity contribution in [2.24, 2.45) is 0 Å². The van der Waals surface area contributed by atoms with Gasteiger partial charge in [-0.15, -0.1) is 11.8 Å². The van der Waals surface area contributed by atoms with E-state index < -0.39 is 17.1 Å². The van der Waals surface area contributed by atoms with Crippen molar-refractivity contribution >= 4 is 80.6 Å². The van der Waals surface area contributed by atoms with E-state index in [1.165, 1.54) is 23.5 Å². The molecule has 12 heteroatoms. The van der Waals surface area contributed by atoms with Gasteiger partial charge >= 0.3 is 0 Å². The number of para-hydroxylation sites is 1. The SMILES string of the molecule is CCSc1nsc(NC(=O)C(Sc2cccc(NC(=O)/C(=C/c3c[nH]c4ccccc34)NC(=O)c3ccccc3)c2)c2ccccc2)n1. The molecule has 0 aliphatic carbocycles. The second kappa shape index (κ2) is 15.6. The minimum atomic E-state index is -0.606. The number of hydrogen-bond donors (Lipinski definition) is 4. The van der Waals surface area contributed by atoms with Gasteiger partial charge in [0.15, 0.2) is 0 Å². The first-order valence-corrected chi connectivity index (χ1v) is 17.7. The Morgan fingerprint density at radius 1 is 0.896 bits per heavy atom. The van der Waals surface area contributed by atoms with Crippen LogP contribution < -0.4 is 16.0 Å². The summed E-state index contributed by atoms with van der Waals surface area (Å²) in [5.74, 6) is -0.314. The van der Waals surface area contributed by atoms with Crippen LogP contribution in [0.25, 0.3) is 17.0 Å². The third-order valence-corrected chi connectivity index (χ3v) is 9.77. The highest BCUT2D eigenvalue weighted by Crippen LogP contribution is 2.37. The summed E-state index contributed by atoms with van der Waals surface area (Å²) in [6.45, 7) is 2.02. The summed E-state index contributed by atoms with van der Waals surface area (Å²) in [4.78, 5) is 48.9. The summed E-state index contributed by atoms with van der Waals surface area (Å²) < 4.78 is 4.30. The summed E-state index contributed by atoms with van der Waals surface area (Å²) >= 11 is 4.00. The van der Waals surface area contributed by atoms with E-state index in [0.717, 1.165) is 44.2 Å². The minimum absolute atomic E-state index is 0.0749. The number of aromatic nitrogens is 3. The largest absolute Gasteiger partial charge is 0.361 e. The number of anilines is 2. The van der Waals surface area contributed by atoms with E-state index in [-0.39, 0.29) is 11.6 Å². The number of nitrogens with zero attached hydrogens (tertiary/aromatic N) is 2. The lowest BCUT2D eigenvalue weighted by Gasteiger charge is -2.17. The molecule has 9 nitrogen and oxygen atoms in total. The fourth-order valence-corrected chi connectivity index (χ4v) is 7.17. The smallest absolute Gasteiger partial charge is 0.272 e. The van der Waals surface area contributed by atoms with E-state index >= 15 is 0 Å². The molecule has 0 fully saturated rings. The number of benzene rings is 4. The first-order valence-electron chi connectivity index (χ1n) is 15.0. The Kier molecular flexibility index (Phi) is 10.7. The predicted octanol–water partition coefficient (Wildman–Crippen LogP) is 8.01. The van der Waals surface area contributed by atoms with E-state index in [9.17, 15) is 14.4 Å². The monoisotopic (exact) mass is 690 g/mol. The second-order valence-corrected chi connectivity index (χ2v) is 13.5. The molecule has 1 unspecified atom stereocenters. The van der Waals surface area contributed by atoms with Crippen molar-refractivity contribution in [1.82, 2.24) is 19.7 Å². The Labute approximate surface area is 289 Å². The molecule has 0 aliphatic heterocycles. The molecule has 4 N–H and O–H groups in total. The summed E-state index contributed by atoms with van der Waals surface area (Å²) in [6.07, 6.45) is 3.45. The number of carbonyl (C=O) groups is 3. The number of hydrogen-bond acceptors (Lipinski definition) is 8. The molecule has 3 amide bonds. The Balaban J connectivity index is 1.24. The van der Waals surface area contributed by atoms with E-state index in [1.54, 1.807) is 48.7 Å². The number of amides is 3. The highest BCUT2D eigenvalue weighted by Gasteiger charge is 2.24. The molecule has 1 atom stereocenters. The number of aromatic amines is 1.